The zero-order valence-corrected chi connectivity index (χ0v) is 12.7. The lowest BCUT2D eigenvalue weighted by atomic mass is 10.1. The van der Waals surface area contributed by atoms with Crippen LogP contribution in [0.5, 0.6) is 0 Å². The number of halogens is 1. The number of nitrogens with one attached hydrogen (secondary N) is 1. The molecule has 18 heavy (non-hydrogen) atoms. The zero-order valence-electron chi connectivity index (χ0n) is 10.3. The molecule has 0 aliphatic rings. The first-order valence-corrected chi connectivity index (χ1v) is 7.03. The summed E-state index contributed by atoms with van der Waals surface area (Å²) in [6.07, 6.45) is 1.74. The van der Waals surface area contributed by atoms with Crippen LogP contribution in [0.4, 0.5) is 0 Å². The van der Waals surface area contributed by atoms with Gasteiger partial charge in [-0.15, -0.1) is 0 Å². The van der Waals surface area contributed by atoms with Crippen LogP contribution in [0, 0.1) is 0 Å². The van der Waals surface area contributed by atoms with Crippen molar-refractivity contribution in [2.24, 2.45) is 5.73 Å². The molecule has 1 atom stereocenters. The van der Waals surface area contributed by atoms with Crippen LogP contribution >= 0.6 is 28.1 Å². The van der Waals surface area contributed by atoms with E-state index < -0.39 is 0 Å². The summed E-state index contributed by atoms with van der Waals surface area (Å²) in [6.45, 7) is 2.00. The highest BCUT2D eigenvalue weighted by atomic mass is 79.9. The maximum Gasteiger partial charge on any atom is 0.224 e. The molecule has 0 saturated heterocycles. The third-order valence-electron chi connectivity index (χ3n) is 2.56. The predicted octanol–water partition coefficient (Wildman–Crippen LogP) is 2.56. The number of nitrogens with two attached hydrogens (primary N) is 1. The number of rotatable bonds is 6. The summed E-state index contributed by atoms with van der Waals surface area (Å²) in [5.41, 5.74) is 6.47. The van der Waals surface area contributed by atoms with Crippen LogP contribution in [-0.2, 0) is 11.2 Å². The van der Waals surface area contributed by atoms with Crippen molar-refractivity contribution >= 4 is 39.0 Å². The van der Waals surface area contributed by atoms with Crippen LogP contribution in [0.1, 0.15) is 25.3 Å². The smallest absolute Gasteiger partial charge is 0.224 e. The Morgan fingerprint density at radius 1 is 1.56 bits per heavy atom. The first-order valence-electron chi connectivity index (χ1n) is 5.83. The zero-order chi connectivity index (χ0) is 13.5. The molecule has 1 amide bonds. The monoisotopic (exact) mass is 328 g/mol. The molecule has 5 heteroatoms. The number of amides is 1. The Morgan fingerprint density at radius 2 is 2.28 bits per heavy atom. The molecule has 0 aromatic heterocycles. The molecule has 0 heterocycles. The van der Waals surface area contributed by atoms with Gasteiger partial charge in [-0.2, -0.15) is 0 Å². The lowest BCUT2D eigenvalue weighted by Crippen LogP contribution is -2.37. The van der Waals surface area contributed by atoms with Gasteiger partial charge in [-0.1, -0.05) is 47.2 Å². The molecule has 1 rings (SSSR count). The van der Waals surface area contributed by atoms with Crippen molar-refractivity contribution < 1.29 is 4.79 Å². The molecule has 0 spiro atoms. The summed E-state index contributed by atoms with van der Waals surface area (Å²) in [6, 6.07) is 7.75. The van der Waals surface area contributed by atoms with Gasteiger partial charge in [0, 0.05) is 16.9 Å². The molecular formula is C13H17BrN2OS. The van der Waals surface area contributed by atoms with Gasteiger partial charge in [0.05, 0.1) is 11.4 Å². The van der Waals surface area contributed by atoms with Crippen molar-refractivity contribution in [1.29, 1.82) is 0 Å². The first kappa shape index (κ1) is 15.1. The standard InChI is InChI=1S/C13H17BrN2OS/c1-2-11(8-12(15)18)16-13(17)7-9-4-3-5-10(14)6-9/h3-6,11H,2,7-8H2,1H3,(H2,15,18)(H,16,17). The van der Waals surface area contributed by atoms with E-state index in [4.69, 9.17) is 18.0 Å². The SMILES string of the molecule is CCC(CC(N)=S)NC(=O)Cc1cccc(Br)c1. The molecule has 98 valence electrons. The van der Waals surface area contributed by atoms with Gasteiger partial charge in [-0.25, -0.2) is 0 Å². The third-order valence-corrected chi connectivity index (χ3v) is 3.22. The Hall–Kier alpha value is -0.940. The summed E-state index contributed by atoms with van der Waals surface area (Å²) in [4.78, 5) is 12.3. The average molecular weight is 329 g/mol. The molecule has 0 saturated carbocycles. The van der Waals surface area contributed by atoms with E-state index in [9.17, 15) is 4.79 Å². The largest absolute Gasteiger partial charge is 0.393 e. The van der Waals surface area contributed by atoms with Gasteiger partial charge in [-0.3, -0.25) is 4.79 Å². The van der Waals surface area contributed by atoms with Crippen molar-refractivity contribution in [3.8, 4) is 0 Å². The van der Waals surface area contributed by atoms with Crippen molar-refractivity contribution in [2.45, 2.75) is 32.2 Å². The Morgan fingerprint density at radius 3 is 2.83 bits per heavy atom. The van der Waals surface area contributed by atoms with E-state index in [1.807, 2.05) is 31.2 Å². The van der Waals surface area contributed by atoms with E-state index in [1.165, 1.54) is 0 Å². The fourth-order valence-electron chi connectivity index (χ4n) is 1.65. The summed E-state index contributed by atoms with van der Waals surface area (Å²) in [7, 11) is 0. The van der Waals surface area contributed by atoms with Crippen LogP contribution in [0.15, 0.2) is 28.7 Å². The minimum Gasteiger partial charge on any atom is -0.393 e. The van der Waals surface area contributed by atoms with E-state index in [1.54, 1.807) is 0 Å². The molecule has 0 aliphatic carbocycles. The highest BCUT2D eigenvalue weighted by molar-refractivity contribution is 9.10. The number of carbonyl (C=O) groups excluding carboxylic acids is 1. The highest BCUT2D eigenvalue weighted by Gasteiger charge is 2.11. The summed E-state index contributed by atoms with van der Waals surface area (Å²) < 4.78 is 0.975. The lowest BCUT2D eigenvalue weighted by Gasteiger charge is -2.16. The van der Waals surface area contributed by atoms with Gasteiger partial charge in [0.2, 0.25) is 5.91 Å². The lowest BCUT2D eigenvalue weighted by molar-refractivity contribution is -0.121. The molecular weight excluding hydrogens is 312 g/mol. The molecule has 1 aromatic rings. The normalized spacial score (nSPS) is 11.9. The minimum absolute atomic E-state index is 0.00352. The van der Waals surface area contributed by atoms with E-state index in [-0.39, 0.29) is 11.9 Å². The Labute approximate surface area is 121 Å². The quantitative estimate of drug-likeness (QED) is 0.789. The van der Waals surface area contributed by atoms with Gasteiger partial charge >= 0.3 is 0 Å². The minimum atomic E-state index is -0.00352. The number of hydrogen-bond acceptors (Lipinski definition) is 2. The van der Waals surface area contributed by atoms with Gasteiger partial charge in [0.15, 0.2) is 0 Å². The second-order valence-corrected chi connectivity index (χ2v) is 5.59. The molecule has 0 radical (unpaired) electrons. The Balaban J connectivity index is 2.52. The molecule has 3 nitrogen and oxygen atoms in total. The fourth-order valence-corrected chi connectivity index (χ4v) is 2.30. The molecule has 0 fully saturated rings. The maximum absolute atomic E-state index is 11.9. The van der Waals surface area contributed by atoms with Gasteiger partial charge < -0.3 is 11.1 Å². The number of thiocarbonyl (C=S) groups is 1. The van der Waals surface area contributed by atoms with Crippen LogP contribution in [-0.4, -0.2) is 16.9 Å². The molecule has 1 unspecified atom stereocenters. The summed E-state index contributed by atoms with van der Waals surface area (Å²) in [5, 5.41) is 2.94. The van der Waals surface area contributed by atoms with E-state index >= 15 is 0 Å². The summed E-state index contributed by atoms with van der Waals surface area (Å²) in [5.74, 6) is -0.00352. The molecule has 0 bridgehead atoms. The first-order chi connectivity index (χ1) is 8.51. The van der Waals surface area contributed by atoms with Crippen molar-refractivity contribution in [3.05, 3.63) is 34.3 Å². The fraction of sp³-hybridized carbons (Fsp3) is 0.385. The molecule has 3 N–H and O–H groups in total. The predicted molar refractivity (Wildman–Crippen MR) is 81.5 cm³/mol. The highest BCUT2D eigenvalue weighted by Crippen LogP contribution is 2.12. The number of carbonyl (C=O) groups is 1. The van der Waals surface area contributed by atoms with Gasteiger partial charge in [0.1, 0.15) is 0 Å². The summed E-state index contributed by atoms with van der Waals surface area (Å²) >= 11 is 8.24. The van der Waals surface area contributed by atoms with Crippen LogP contribution in [0.2, 0.25) is 0 Å². The van der Waals surface area contributed by atoms with E-state index in [0.717, 1.165) is 16.5 Å². The second kappa shape index (κ2) is 7.48. The van der Waals surface area contributed by atoms with Crippen molar-refractivity contribution in [2.75, 3.05) is 0 Å². The Kier molecular flexibility index (Phi) is 6.29. The third kappa shape index (κ3) is 5.60. The number of benzene rings is 1. The Bertz CT molecular complexity index is 437. The average Bonchev–Trinajstić information content (AvgIpc) is 2.27. The maximum atomic E-state index is 11.9. The van der Waals surface area contributed by atoms with Crippen LogP contribution in [0.3, 0.4) is 0 Å². The van der Waals surface area contributed by atoms with Crippen LogP contribution in [0.25, 0.3) is 0 Å². The van der Waals surface area contributed by atoms with E-state index in [2.05, 4.69) is 21.2 Å². The van der Waals surface area contributed by atoms with Crippen molar-refractivity contribution in [1.82, 2.24) is 5.32 Å². The van der Waals surface area contributed by atoms with Gasteiger partial charge in [0.25, 0.3) is 0 Å². The molecule has 1 aromatic carbocycles. The van der Waals surface area contributed by atoms with Gasteiger partial charge in [-0.05, 0) is 24.1 Å². The second-order valence-electron chi connectivity index (χ2n) is 4.15. The van der Waals surface area contributed by atoms with Crippen molar-refractivity contribution in [3.63, 3.8) is 0 Å². The number of hydrogen-bond donors (Lipinski definition) is 2. The van der Waals surface area contributed by atoms with E-state index in [0.29, 0.717) is 17.8 Å². The topological polar surface area (TPSA) is 55.1 Å². The molecule has 0 aliphatic heterocycles. The van der Waals surface area contributed by atoms with Crippen LogP contribution < -0.4 is 11.1 Å².